The van der Waals surface area contributed by atoms with E-state index in [0.717, 1.165) is 0 Å². The molecule has 0 spiro atoms. The van der Waals surface area contributed by atoms with Gasteiger partial charge in [-0.2, -0.15) is 0 Å². The van der Waals surface area contributed by atoms with Gasteiger partial charge in [-0.15, -0.1) is 24.5 Å². The second-order valence-electron chi connectivity index (χ2n) is 4.12. The van der Waals surface area contributed by atoms with Crippen molar-refractivity contribution in [1.29, 1.82) is 0 Å². The number of allylic oxidation sites excluding steroid dienone is 1. The topological polar surface area (TPSA) is 64.0 Å². The van der Waals surface area contributed by atoms with Crippen LogP contribution < -0.4 is 10.9 Å². The quantitative estimate of drug-likeness (QED) is 0.481. The second kappa shape index (κ2) is 7.24. The monoisotopic (exact) mass is 321 g/mol. The van der Waals surface area contributed by atoms with E-state index in [-0.39, 0.29) is 17.2 Å². The number of fused-ring (bicyclic) bond motifs is 1. The molecule has 1 amide bonds. The zero-order chi connectivity index (χ0) is 15.2. The van der Waals surface area contributed by atoms with Gasteiger partial charge in [0.1, 0.15) is 4.70 Å². The van der Waals surface area contributed by atoms with Crippen LogP contribution in [0.5, 0.6) is 0 Å². The molecule has 0 aromatic carbocycles. The fourth-order valence-corrected chi connectivity index (χ4v) is 3.31. The summed E-state index contributed by atoms with van der Waals surface area (Å²) in [5.74, 6) is 0.0808. The molecule has 0 unspecified atom stereocenters. The Balaban J connectivity index is 2.26. The van der Waals surface area contributed by atoms with E-state index in [9.17, 15) is 9.59 Å². The summed E-state index contributed by atoms with van der Waals surface area (Å²) in [6.45, 7) is 8.00. The maximum Gasteiger partial charge on any atom is 0.272 e. The van der Waals surface area contributed by atoms with Crippen molar-refractivity contribution in [2.24, 2.45) is 0 Å². The molecular formula is C14H15N3O2S2. The van der Waals surface area contributed by atoms with E-state index in [4.69, 9.17) is 0 Å². The van der Waals surface area contributed by atoms with Crippen LogP contribution in [0.1, 0.15) is 0 Å². The average Bonchev–Trinajstić information content (AvgIpc) is 2.95. The number of amides is 1. The van der Waals surface area contributed by atoms with Gasteiger partial charge in [0, 0.05) is 13.1 Å². The highest BCUT2D eigenvalue weighted by Gasteiger charge is 2.13. The summed E-state index contributed by atoms with van der Waals surface area (Å²) < 4.78 is 2.16. The Hall–Kier alpha value is -1.86. The Labute approximate surface area is 130 Å². The van der Waals surface area contributed by atoms with Gasteiger partial charge < -0.3 is 5.32 Å². The number of carbonyl (C=O) groups excluding carboxylic acids is 1. The molecule has 0 aliphatic rings. The van der Waals surface area contributed by atoms with Crippen molar-refractivity contribution in [1.82, 2.24) is 14.9 Å². The molecule has 0 bridgehead atoms. The molecule has 0 aliphatic carbocycles. The molecule has 5 nitrogen and oxygen atoms in total. The molecule has 1 N–H and O–H groups in total. The van der Waals surface area contributed by atoms with Gasteiger partial charge in [-0.25, -0.2) is 4.98 Å². The molecule has 0 radical (unpaired) electrons. The van der Waals surface area contributed by atoms with Crippen molar-refractivity contribution in [2.45, 2.75) is 11.7 Å². The van der Waals surface area contributed by atoms with Gasteiger partial charge in [0.2, 0.25) is 5.91 Å². The maximum absolute atomic E-state index is 12.4. The molecule has 0 saturated heterocycles. The lowest BCUT2D eigenvalue weighted by molar-refractivity contribution is -0.118. The van der Waals surface area contributed by atoms with Crippen LogP contribution in [0.4, 0.5) is 0 Å². The van der Waals surface area contributed by atoms with Gasteiger partial charge in [-0.3, -0.25) is 14.2 Å². The second-order valence-corrected chi connectivity index (χ2v) is 5.97. The van der Waals surface area contributed by atoms with E-state index < -0.39 is 0 Å². The highest BCUT2D eigenvalue weighted by atomic mass is 32.2. The zero-order valence-corrected chi connectivity index (χ0v) is 13.0. The van der Waals surface area contributed by atoms with E-state index in [1.807, 2.05) is 11.4 Å². The minimum Gasteiger partial charge on any atom is -0.352 e. The van der Waals surface area contributed by atoms with Gasteiger partial charge in [0.15, 0.2) is 5.16 Å². The number of rotatable bonds is 7. The predicted molar refractivity (Wildman–Crippen MR) is 88.0 cm³/mol. The predicted octanol–water partition coefficient (Wildman–Crippen LogP) is 2.04. The normalized spacial score (nSPS) is 10.5. The number of nitrogens with one attached hydrogen (secondary N) is 1. The lowest BCUT2D eigenvalue weighted by atomic mass is 10.4. The standard InChI is InChI=1S/C14H15N3O2S2/c1-3-6-15-11(18)9-21-14-16-10-5-8-20-12(10)13(19)17(14)7-4-2/h3-5,8H,1-2,6-7,9H2,(H,15,18). The fourth-order valence-electron chi connectivity index (χ4n) is 1.69. The molecular weight excluding hydrogens is 306 g/mol. The number of thiophene rings is 1. The number of hydrogen-bond donors (Lipinski definition) is 1. The summed E-state index contributed by atoms with van der Waals surface area (Å²) >= 11 is 2.61. The van der Waals surface area contributed by atoms with Crippen molar-refractivity contribution >= 4 is 39.2 Å². The van der Waals surface area contributed by atoms with Crippen LogP contribution in [0.3, 0.4) is 0 Å². The van der Waals surface area contributed by atoms with E-state index in [2.05, 4.69) is 23.5 Å². The summed E-state index contributed by atoms with van der Waals surface area (Å²) in [4.78, 5) is 28.5. The third-order valence-electron chi connectivity index (χ3n) is 2.62. The molecule has 0 atom stereocenters. The van der Waals surface area contributed by atoms with Crippen molar-refractivity contribution in [2.75, 3.05) is 12.3 Å². The van der Waals surface area contributed by atoms with Crippen molar-refractivity contribution in [3.63, 3.8) is 0 Å². The summed E-state index contributed by atoms with van der Waals surface area (Å²) in [5, 5.41) is 5.05. The lowest BCUT2D eigenvalue weighted by Crippen LogP contribution is -2.26. The van der Waals surface area contributed by atoms with Gasteiger partial charge in [-0.05, 0) is 11.4 Å². The first-order chi connectivity index (χ1) is 10.2. The Bertz CT molecular complexity index is 733. The summed E-state index contributed by atoms with van der Waals surface area (Å²) in [5.41, 5.74) is 0.572. The minimum atomic E-state index is -0.121. The number of hydrogen-bond acceptors (Lipinski definition) is 5. The van der Waals surface area contributed by atoms with Gasteiger partial charge in [0.25, 0.3) is 5.56 Å². The van der Waals surface area contributed by atoms with Crippen LogP contribution in [-0.4, -0.2) is 27.8 Å². The lowest BCUT2D eigenvalue weighted by Gasteiger charge is -2.09. The largest absolute Gasteiger partial charge is 0.352 e. The highest BCUT2D eigenvalue weighted by Crippen LogP contribution is 2.20. The van der Waals surface area contributed by atoms with Gasteiger partial charge in [0.05, 0.1) is 11.3 Å². The van der Waals surface area contributed by atoms with Crippen molar-refractivity contribution in [3.8, 4) is 0 Å². The average molecular weight is 321 g/mol. The zero-order valence-electron chi connectivity index (χ0n) is 11.4. The maximum atomic E-state index is 12.4. The molecule has 110 valence electrons. The summed E-state index contributed by atoms with van der Waals surface area (Å²) in [6.07, 6.45) is 3.26. The Morgan fingerprint density at radius 1 is 1.48 bits per heavy atom. The Kier molecular flexibility index (Phi) is 5.35. The van der Waals surface area contributed by atoms with Gasteiger partial charge >= 0.3 is 0 Å². The first-order valence-corrected chi connectivity index (χ1v) is 8.13. The molecule has 21 heavy (non-hydrogen) atoms. The molecule has 7 heteroatoms. The third-order valence-corrected chi connectivity index (χ3v) is 4.49. The molecule has 2 heterocycles. The summed E-state index contributed by atoms with van der Waals surface area (Å²) in [6, 6.07) is 1.81. The first kappa shape index (κ1) is 15.5. The van der Waals surface area contributed by atoms with Crippen molar-refractivity contribution < 1.29 is 4.79 Å². The van der Waals surface area contributed by atoms with Crippen LogP contribution in [-0.2, 0) is 11.3 Å². The Morgan fingerprint density at radius 2 is 2.29 bits per heavy atom. The summed E-state index contributed by atoms with van der Waals surface area (Å²) in [7, 11) is 0. The molecule has 0 aliphatic heterocycles. The third kappa shape index (κ3) is 3.62. The van der Waals surface area contributed by atoms with E-state index in [1.165, 1.54) is 27.7 Å². The minimum absolute atomic E-state index is 0.0936. The van der Waals surface area contributed by atoms with Crippen LogP contribution in [0.15, 0.2) is 46.7 Å². The van der Waals surface area contributed by atoms with Crippen LogP contribution in [0, 0.1) is 0 Å². The molecule has 0 saturated carbocycles. The SMILES string of the molecule is C=CCNC(=O)CSc1nc2ccsc2c(=O)n1CC=C. The Morgan fingerprint density at radius 3 is 3.00 bits per heavy atom. The number of nitrogens with zero attached hydrogens (tertiary/aromatic N) is 2. The van der Waals surface area contributed by atoms with Gasteiger partial charge in [-0.1, -0.05) is 23.9 Å². The van der Waals surface area contributed by atoms with E-state index in [0.29, 0.717) is 28.5 Å². The van der Waals surface area contributed by atoms with Crippen LogP contribution in [0.25, 0.3) is 10.2 Å². The van der Waals surface area contributed by atoms with E-state index in [1.54, 1.807) is 12.2 Å². The first-order valence-electron chi connectivity index (χ1n) is 6.26. The molecule has 2 aromatic rings. The van der Waals surface area contributed by atoms with E-state index >= 15 is 0 Å². The molecule has 2 rings (SSSR count). The fraction of sp³-hybridized carbons (Fsp3) is 0.214. The van der Waals surface area contributed by atoms with Crippen molar-refractivity contribution in [3.05, 3.63) is 47.1 Å². The van der Waals surface area contributed by atoms with Crippen LogP contribution in [0.2, 0.25) is 0 Å². The number of thioether (sulfide) groups is 1. The highest BCUT2D eigenvalue weighted by molar-refractivity contribution is 7.99. The van der Waals surface area contributed by atoms with Crippen LogP contribution >= 0.6 is 23.1 Å². The smallest absolute Gasteiger partial charge is 0.272 e. The molecule has 2 aromatic heterocycles. The number of aromatic nitrogens is 2. The molecule has 0 fully saturated rings. The number of carbonyl (C=O) groups is 1.